The first-order valence-corrected chi connectivity index (χ1v) is 14.0. The molecule has 0 spiro atoms. The summed E-state index contributed by atoms with van der Waals surface area (Å²) in [5, 5.41) is 4.53. The van der Waals surface area contributed by atoms with E-state index in [0.717, 1.165) is 16.7 Å². The molecule has 2 saturated heterocycles. The molecule has 1 aromatic heterocycles. The molecule has 10 heteroatoms. The van der Waals surface area contributed by atoms with Crippen LogP contribution in [-0.2, 0) is 19.7 Å². The topological polar surface area (TPSA) is 106 Å². The lowest BCUT2D eigenvalue weighted by atomic mass is 10.0. The summed E-state index contributed by atoms with van der Waals surface area (Å²) in [7, 11) is -4.66. The van der Waals surface area contributed by atoms with Crippen molar-refractivity contribution in [3.63, 3.8) is 0 Å². The van der Waals surface area contributed by atoms with Crippen LogP contribution in [0.25, 0.3) is 11.3 Å². The summed E-state index contributed by atoms with van der Waals surface area (Å²) >= 11 is 0. The van der Waals surface area contributed by atoms with Crippen LogP contribution in [0.2, 0.25) is 0 Å². The predicted molar refractivity (Wildman–Crippen MR) is 119 cm³/mol. The highest BCUT2D eigenvalue weighted by Crippen LogP contribution is 2.31. The van der Waals surface area contributed by atoms with Crippen molar-refractivity contribution >= 4 is 25.6 Å². The van der Waals surface area contributed by atoms with Crippen LogP contribution in [0, 0.1) is 13.8 Å². The van der Waals surface area contributed by atoms with Gasteiger partial charge in [0.15, 0.2) is 25.4 Å². The molecule has 8 nitrogen and oxygen atoms in total. The summed E-state index contributed by atoms with van der Waals surface area (Å²) < 4.78 is 49.5. The summed E-state index contributed by atoms with van der Waals surface area (Å²) in [6.07, 6.45) is 0.863. The molecule has 31 heavy (non-hydrogen) atoms. The Balaban J connectivity index is 1.72. The van der Waals surface area contributed by atoms with Crippen LogP contribution >= 0.6 is 0 Å². The number of amides is 1. The first-order chi connectivity index (χ1) is 14.5. The minimum absolute atomic E-state index is 0.00311. The Morgan fingerprint density at radius 1 is 1.00 bits per heavy atom. The Labute approximate surface area is 183 Å². The lowest BCUT2D eigenvalue weighted by Gasteiger charge is -2.22. The molecule has 3 heterocycles. The van der Waals surface area contributed by atoms with Gasteiger partial charge >= 0.3 is 0 Å². The average Bonchev–Trinajstić information content (AvgIpc) is 3.39. The van der Waals surface area contributed by atoms with E-state index in [4.69, 9.17) is 0 Å². The third-order valence-electron chi connectivity index (χ3n) is 6.39. The Kier molecular flexibility index (Phi) is 5.49. The minimum atomic E-state index is -3.13. The van der Waals surface area contributed by atoms with Crippen LogP contribution in [0.5, 0.6) is 0 Å². The van der Waals surface area contributed by atoms with E-state index in [2.05, 4.69) is 5.10 Å². The molecule has 0 saturated carbocycles. The summed E-state index contributed by atoms with van der Waals surface area (Å²) in [6.45, 7) is 4.01. The molecule has 4 rings (SSSR count). The van der Waals surface area contributed by atoms with Crippen LogP contribution in [0.1, 0.15) is 40.5 Å². The monoisotopic (exact) mass is 465 g/mol. The molecule has 1 amide bonds. The molecule has 2 aliphatic rings. The van der Waals surface area contributed by atoms with E-state index in [1.807, 2.05) is 32.0 Å². The Bertz CT molecular complexity index is 1250. The predicted octanol–water partition coefficient (Wildman–Crippen LogP) is 1.79. The second-order valence-corrected chi connectivity index (χ2v) is 13.1. The number of sulfone groups is 2. The Hall–Kier alpha value is -2.20. The van der Waals surface area contributed by atoms with Crippen LogP contribution in [0.3, 0.4) is 0 Å². The third-order valence-corrected chi connectivity index (χ3v) is 9.89. The normalized spacial score (nSPS) is 24.4. The van der Waals surface area contributed by atoms with Gasteiger partial charge in [-0.05, 0) is 49.9 Å². The lowest BCUT2D eigenvalue weighted by Crippen LogP contribution is -2.38. The van der Waals surface area contributed by atoms with E-state index in [1.54, 1.807) is 17.8 Å². The summed E-state index contributed by atoms with van der Waals surface area (Å²) in [5.74, 6) is -0.214. The van der Waals surface area contributed by atoms with Crippen molar-refractivity contribution in [2.75, 3.05) is 30.1 Å². The number of hydrogen-bond donors (Lipinski definition) is 0. The van der Waals surface area contributed by atoms with Gasteiger partial charge in [0.2, 0.25) is 0 Å². The quantitative estimate of drug-likeness (QED) is 0.681. The fraction of sp³-hybridized carbons (Fsp3) is 0.524. The van der Waals surface area contributed by atoms with Gasteiger partial charge in [-0.15, -0.1) is 0 Å². The highest BCUT2D eigenvalue weighted by atomic mass is 32.2. The van der Waals surface area contributed by atoms with Crippen molar-refractivity contribution in [2.45, 2.75) is 38.8 Å². The van der Waals surface area contributed by atoms with E-state index in [0.29, 0.717) is 18.5 Å². The molecule has 2 atom stereocenters. The van der Waals surface area contributed by atoms with Crippen LogP contribution in [0.15, 0.2) is 24.3 Å². The Morgan fingerprint density at radius 3 is 2.26 bits per heavy atom. The molecule has 2 aromatic rings. The maximum Gasteiger partial charge on any atom is 0.274 e. The average molecular weight is 466 g/mol. The van der Waals surface area contributed by atoms with E-state index < -0.39 is 19.7 Å². The molecule has 0 radical (unpaired) electrons. The summed E-state index contributed by atoms with van der Waals surface area (Å²) in [5.41, 5.74) is 3.98. The van der Waals surface area contributed by atoms with E-state index >= 15 is 0 Å². The van der Waals surface area contributed by atoms with Crippen LogP contribution in [0.4, 0.5) is 0 Å². The second-order valence-electron chi connectivity index (χ2n) is 8.69. The van der Waals surface area contributed by atoms with Gasteiger partial charge in [0.1, 0.15) is 0 Å². The molecular weight excluding hydrogens is 438 g/mol. The number of benzene rings is 1. The smallest absolute Gasteiger partial charge is 0.274 e. The number of carbonyl (C=O) groups is 1. The molecule has 0 N–H and O–H groups in total. The van der Waals surface area contributed by atoms with E-state index in [9.17, 15) is 21.6 Å². The standard InChI is InChI=1S/C21H27N3O5S2/c1-14-4-5-16(10-15(14)2)20-11-19(22-24(20)18-7-9-31(28,29)13-18)21(25)23(3)17-6-8-30(26,27)12-17/h4-5,10-11,17-18H,6-9,12-13H2,1-3H3. The molecule has 2 aliphatic heterocycles. The summed E-state index contributed by atoms with van der Waals surface area (Å²) in [4.78, 5) is 14.6. The van der Waals surface area contributed by atoms with Crippen LogP contribution in [-0.4, -0.2) is 73.5 Å². The largest absolute Gasteiger partial charge is 0.336 e. The Morgan fingerprint density at radius 2 is 1.68 bits per heavy atom. The fourth-order valence-electron chi connectivity index (χ4n) is 4.29. The zero-order chi connectivity index (χ0) is 22.6. The van der Waals surface area contributed by atoms with E-state index in [-0.39, 0.29) is 46.7 Å². The van der Waals surface area contributed by atoms with Gasteiger partial charge in [0, 0.05) is 18.7 Å². The third kappa shape index (κ3) is 4.41. The minimum Gasteiger partial charge on any atom is -0.336 e. The number of hydrogen-bond acceptors (Lipinski definition) is 6. The lowest BCUT2D eigenvalue weighted by molar-refractivity contribution is 0.0740. The van der Waals surface area contributed by atoms with Crippen molar-refractivity contribution < 1.29 is 21.6 Å². The number of rotatable bonds is 4. The molecule has 2 fully saturated rings. The molecule has 2 unspecified atom stereocenters. The number of nitrogens with zero attached hydrogens (tertiary/aromatic N) is 3. The van der Waals surface area contributed by atoms with Gasteiger partial charge in [-0.1, -0.05) is 12.1 Å². The number of carbonyl (C=O) groups excluding carboxylic acids is 1. The van der Waals surface area contributed by atoms with Gasteiger partial charge < -0.3 is 4.90 Å². The highest BCUT2D eigenvalue weighted by molar-refractivity contribution is 7.91. The SMILES string of the molecule is Cc1ccc(-c2cc(C(=O)N(C)C3CCS(=O)(=O)C3)nn2C2CCS(=O)(=O)C2)cc1C. The maximum absolute atomic E-state index is 13.1. The number of aryl methyl sites for hydroxylation is 2. The van der Waals surface area contributed by atoms with Crippen molar-refractivity contribution in [3.05, 3.63) is 41.1 Å². The maximum atomic E-state index is 13.1. The van der Waals surface area contributed by atoms with Gasteiger partial charge in [0.25, 0.3) is 5.91 Å². The molecule has 0 aliphatic carbocycles. The van der Waals surface area contributed by atoms with Crippen molar-refractivity contribution in [3.8, 4) is 11.3 Å². The summed E-state index contributed by atoms with van der Waals surface area (Å²) in [6, 6.07) is 6.93. The first kappa shape index (κ1) is 22.0. The van der Waals surface area contributed by atoms with Crippen molar-refractivity contribution in [2.24, 2.45) is 0 Å². The van der Waals surface area contributed by atoms with Gasteiger partial charge in [0.05, 0.1) is 34.7 Å². The zero-order valence-electron chi connectivity index (χ0n) is 17.9. The molecule has 168 valence electrons. The second kappa shape index (κ2) is 7.74. The highest BCUT2D eigenvalue weighted by Gasteiger charge is 2.36. The van der Waals surface area contributed by atoms with E-state index in [1.165, 1.54) is 4.90 Å². The fourth-order valence-corrected chi connectivity index (χ4v) is 7.76. The van der Waals surface area contributed by atoms with Crippen molar-refractivity contribution in [1.29, 1.82) is 0 Å². The van der Waals surface area contributed by atoms with Crippen molar-refractivity contribution in [1.82, 2.24) is 14.7 Å². The molecule has 0 bridgehead atoms. The van der Waals surface area contributed by atoms with Gasteiger partial charge in [-0.2, -0.15) is 5.10 Å². The van der Waals surface area contributed by atoms with Gasteiger partial charge in [-0.3, -0.25) is 9.48 Å². The molecular formula is C21H27N3O5S2. The number of aromatic nitrogens is 2. The van der Waals surface area contributed by atoms with Crippen LogP contribution < -0.4 is 0 Å². The van der Waals surface area contributed by atoms with Gasteiger partial charge in [-0.25, -0.2) is 16.8 Å². The first-order valence-electron chi connectivity index (χ1n) is 10.3. The zero-order valence-corrected chi connectivity index (χ0v) is 19.5. The molecule has 1 aromatic carbocycles.